The molecule has 0 bridgehead atoms. The van der Waals surface area contributed by atoms with E-state index >= 15 is 0 Å². The van der Waals surface area contributed by atoms with E-state index in [9.17, 15) is 4.79 Å². The highest BCUT2D eigenvalue weighted by Gasteiger charge is 2.12. The summed E-state index contributed by atoms with van der Waals surface area (Å²) in [5, 5.41) is 2.01. The Hall–Kier alpha value is -4.57. The Bertz CT molecular complexity index is 1620. The number of hydrogen-bond acceptors (Lipinski definition) is 3. The van der Waals surface area contributed by atoms with Gasteiger partial charge in [0.25, 0.3) is 0 Å². The van der Waals surface area contributed by atoms with E-state index in [1.807, 2.05) is 78.9 Å². The fraction of sp³-hybridized carbons (Fsp3) is 0. The Labute approximate surface area is 190 Å². The highest BCUT2D eigenvalue weighted by Crippen LogP contribution is 2.31. The lowest BCUT2D eigenvalue weighted by molar-refractivity contribution is 0.955. The maximum absolute atomic E-state index is 12.9. The number of rotatable bonds is 3. The van der Waals surface area contributed by atoms with Crippen LogP contribution in [0, 0.1) is 0 Å². The molecule has 156 valence electrons. The van der Waals surface area contributed by atoms with Crippen LogP contribution >= 0.6 is 0 Å². The molecular formula is C29H19N3O. The van der Waals surface area contributed by atoms with Crippen LogP contribution in [0.4, 0.5) is 0 Å². The second kappa shape index (κ2) is 7.84. The first-order valence-electron chi connectivity index (χ1n) is 10.8. The molecular weight excluding hydrogens is 406 g/mol. The summed E-state index contributed by atoms with van der Waals surface area (Å²) in [6.45, 7) is 0. The van der Waals surface area contributed by atoms with Crippen LogP contribution < -0.4 is 5.69 Å². The van der Waals surface area contributed by atoms with Crippen molar-refractivity contribution in [1.29, 1.82) is 0 Å². The highest BCUT2D eigenvalue weighted by atomic mass is 16.1. The van der Waals surface area contributed by atoms with Crippen molar-refractivity contribution in [3.8, 4) is 33.6 Å². The number of nitrogens with zero attached hydrogens (tertiary/aromatic N) is 3. The van der Waals surface area contributed by atoms with Gasteiger partial charge in [0, 0.05) is 11.8 Å². The Morgan fingerprint density at radius 2 is 1.06 bits per heavy atom. The van der Waals surface area contributed by atoms with Gasteiger partial charge in [-0.3, -0.25) is 4.40 Å². The summed E-state index contributed by atoms with van der Waals surface area (Å²) in [5.41, 5.74) is 5.34. The molecule has 6 aromatic rings. The Morgan fingerprint density at radius 3 is 1.70 bits per heavy atom. The lowest BCUT2D eigenvalue weighted by Crippen LogP contribution is -2.19. The van der Waals surface area contributed by atoms with Crippen LogP contribution in [-0.2, 0) is 0 Å². The lowest BCUT2D eigenvalue weighted by Gasteiger charge is -2.11. The monoisotopic (exact) mass is 425 g/mol. The first kappa shape index (κ1) is 19.1. The van der Waals surface area contributed by atoms with Gasteiger partial charge in [0.05, 0.1) is 0 Å². The standard InChI is InChI=1S/C29H19N3O/c33-29-31-28(30-27-18-22-13-7-8-14-23(22)19-32(27)29)26-16-24(20-9-3-1-4-10-20)15-25(17-26)21-11-5-2-6-12-21/h1-19H. The van der Waals surface area contributed by atoms with Crippen LogP contribution in [-0.4, -0.2) is 14.4 Å². The van der Waals surface area contributed by atoms with Crippen LogP contribution in [0.3, 0.4) is 0 Å². The molecule has 0 radical (unpaired) electrons. The van der Waals surface area contributed by atoms with Crippen LogP contribution in [0.15, 0.2) is 120 Å². The van der Waals surface area contributed by atoms with E-state index in [2.05, 4.69) is 35.3 Å². The maximum atomic E-state index is 12.9. The molecule has 0 N–H and O–H groups in total. The van der Waals surface area contributed by atoms with Crippen molar-refractivity contribution in [2.45, 2.75) is 0 Å². The first-order valence-corrected chi connectivity index (χ1v) is 10.8. The molecule has 0 aliphatic carbocycles. The Kier molecular flexibility index (Phi) is 4.55. The fourth-order valence-electron chi connectivity index (χ4n) is 4.17. The average Bonchev–Trinajstić information content (AvgIpc) is 2.88. The minimum Gasteiger partial charge on any atom is -0.251 e. The van der Waals surface area contributed by atoms with E-state index in [1.165, 1.54) is 4.40 Å². The number of benzene rings is 4. The van der Waals surface area contributed by atoms with E-state index in [-0.39, 0.29) is 5.69 Å². The molecule has 4 aromatic carbocycles. The summed E-state index contributed by atoms with van der Waals surface area (Å²) in [6.07, 6.45) is 1.80. The van der Waals surface area contributed by atoms with Crippen LogP contribution in [0.2, 0.25) is 0 Å². The van der Waals surface area contributed by atoms with Gasteiger partial charge in [-0.05, 0) is 57.3 Å². The van der Waals surface area contributed by atoms with E-state index in [4.69, 9.17) is 4.98 Å². The lowest BCUT2D eigenvalue weighted by atomic mass is 9.96. The molecule has 4 heteroatoms. The van der Waals surface area contributed by atoms with E-state index in [0.29, 0.717) is 11.5 Å². The molecule has 6 rings (SSSR count). The molecule has 4 nitrogen and oxygen atoms in total. The Balaban J connectivity index is 1.59. The predicted molar refractivity (Wildman–Crippen MR) is 133 cm³/mol. The molecule has 0 aliphatic heterocycles. The summed E-state index contributed by atoms with van der Waals surface area (Å²) < 4.78 is 1.50. The topological polar surface area (TPSA) is 47.3 Å². The third-order valence-corrected chi connectivity index (χ3v) is 5.83. The van der Waals surface area contributed by atoms with Crippen LogP contribution in [0.1, 0.15) is 0 Å². The zero-order chi connectivity index (χ0) is 22.2. The summed E-state index contributed by atoms with van der Waals surface area (Å²) in [5.74, 6) is 0.422. The number of pyridine rings is 1. The van der Waals surface area contributed by atoms with Gasteiger partial charge in [0.15, 0.2) is 5.82 Å². The van der Waals surface area contributed by atoms with Gasteiger partial charge in [0.2, 0.25) is 0 Å². The fourth-order valence-corrected chi connectivity index (χ4v) is 4.17. The zero-order valence-corrected chi connectivity index (χ0v) is 17.7. The molecule has 0 saturated heterocycles. The van der Waals surface area contributed by atoms with Crippen LogP contribution in [0.5, 0.6) is 0 Å². The maximum Gasteiger partial charge on any atom is 0.355 e. The number of hydrogen-bond donors (Lipinski definition) is 0. The van der Waals surface area contributed by atoms with Gasteiger partial charge in [-0.2, -0.15) is 4.98 Å². The predicted octanol–water partition coefficient (Wildman–Crippen LogP) is 6.24. The van der Waals surface area contributed by atoms with Crippen molar-refractivity contribution in [1.82, 2.24) is 14.4 Å². The van der Waals surface area contributed by atoms with Crippen LogP contribution in [0.25, 0.3) is 50.1 Å². The SMILES string of the molecule is O=c1nc(-c2cc(-c3ccccc3)cc(-c3ccccc3)c2)nc2cc3ccccc3cn12. The van der Waals surface area contributed by atoms with Gasteiger partial charge in [0.1, 0.15) is 5.65 Å². The van der Waals surface area contributed by atoms with Crippen molar-refractivity contribution in [2.75, 3.05) is 0 Å². The molecule has 0 unspecified atom stereocenters. The average molecular weight is 425 g/mol. The first-order chi connectivity index (χ1) is 16.2. The van der Waals surface area contributed by atoms with Gasteiger partial charge in [-0.1, -0.05) is 84.9 Å². The van der Waals surface area contributed by atoms with E-state index in [1.54, 1.807) is 6.20 Å². The number of fused-ring (bicyclic) bond motifs is 2. The molecule has 0 amide bonds. The highest BCUT2D eigenvalue weighted by molar-refractivity contribution is 5.85. The summed E-state index contributed by atoms with van der Waals surface area (Å²) >= 11 is 0. The molecule has 0 fully saturated rings. The normalized spacial score (nSPS) is 11.2. The molecule has 2 heterocycles. The van der Waals surface area contributed by atoms with Gasteiger partial charge >= 0.3 is 5.69 Å². The second-order valence-electron chi connectivity index (χ2n) is 7.99. The Morgan fingerprint density at radius 1 is 0.515 bits per heavy atom. The van der Waals surface area contributed by atoms with Crippen molar-refractivity contribution in [2.24, 2.45) is 0 Å². The zero-order valence-electron chi connectivity index (χ0n) is 17.7. The molecule has 0 aliphatic rings. The van der Waals surface area contributed by atoms with Crippen molar-refractivity contribution < 1.29 is 0 Å². The smallest absolute Gasteiger partial charge is 0.251 e. The van der Waals surface area contributed by atoms with Crippen molar-refractivity contribution in [3.05, 3.63) is 126 Å². The third kappa shape index (κ3) is 3.58. The third-order valence-electron chi connectivity index (χ3n) is 5.83. The van der Waals surface area contributed by atoms with Crippen molar-refractivity contribution >= 4 is 16.4 Å². The molecule has 0 saturated carbocycles. The summed E-state index contributed by atoms with van der Waals surface area (Å²) in [6, 6.07) is 36.5. The summed E-state index contributed by atoms with van der Waals surface area (Å²) in [7, 11) is 0. The molecule has 0 atom stereocenters. The molecule has 2 aromatic heterocycles. The van der Waals surface area contributed by atoms with Crippen molar-refractivity contribution in [3.63, 3.8) is 0 Å². The second-order valence-corrected chi connectivity index (χ2v) is 7.99. The molecule has 33 heavy (non-hydrogen) atoms. The van der Waals surface area contributed by atoms with Gasteiger partial charge < -0.3 is 0 Å². The molecule has 0 spiro atoms. The quantitative estimate of drug-likeness (QED) is 0.315. The van der Waals surface area contributed by atoms with Gasteiger partial charge in [-0.25, -0.2) is 9.78 Å². The largest absolute Gasteiger partial charge is 0.355 e. The minimum absolute atomic E-state index is 0.341. The minimum atomic E-state index is -0.341. The van der Waals surface area contributed by atoms with E-state index in [0.717, 1.165) is 38.6 Å². The number of aromatic nitrogens is 3. The van der Waals surface area contributed by atoms with Gasteiger partial charge in [-0.15, -0.1) is 0 Å². The summed E-state index contributed by atoms with van der Waals surface area (Å²) in [4.78, 5) is 22.1. The van der Waals surface area contributed by atoms with E-state index < -0.39 is 0 Å².